The van der Waals surface area contributed by atoms with Crippen molar-refractivity contribution in [1.29, 1.82) is 0 Å². The molecular weight excluding hydrogens is 289 g/mol. The van der Waals surface area contributed by atoms with Gasteiger partial charge in [0.15, 0.2) is 4.73 Å². The molecule has 2 aromatic heterocycles. The Morgan fingerprint density at radius 3 is 2.69 bits per heavy atom. The molecule has 0 unspecified atom stereocenters. The number of hydrogen-bond acceptors (Lipinski definition) is 2. The van der Waals surface area contributed by atoms with E-state index >= 15 is 0 Å². The van der Waals surface area contributed by atoms with E-state index in [1.165, 1.54) is 22.7 Å². The molecule has 2 rings (SSSR count). The van der Waals surface area contributed by atoms with Gasteiger partial charge in [0, 0.05) is 6.20 Å². The average Bonchev–Trinajstić information content (AvgIpc) is 2.55. The number of rotatable bonds is 1. The highest BCUT2D eigenvalue weighted by Gasteiger charge is 2.41. The first-order valence-electron chi connectivity index (χ1n) is 4.15. The first-order valence-corrected chi connectivity index (χ1v) is 4.94. The van der Waals surface area contributed by atoms with Gasteiger partial charge in [0.1, 0.15) is 5.69 Å². The van der Waals surface area contributed by atoms with Gasteiger partial charge in [-0.3, -0.25) is 9.20 Å². The van der Waals surface area contributed by atoms with Crippen LogP contribution in [0.5, 0.6) is 0 Å². The molecule has 0 atom stereocenters. The molecule has 0 saturated carbocycles. The number of carbonyl (C=O) groups is 1. The Hall–Kier alpha value is -1.37. The maximum absolute atomic E-state index is 12.3. The number of hydrogen-bond donors (Lipinski definition) is 0. The van der Waals surface area contributed by atoms with E-state index in [0.29, 0.717) is 0 Å². The van der Waals surface area contributed by atoms with Gasteiger partial charge in [-0.15, -0.1) is 0 Å². The van der Waals surface area contributed by atoms with Gasteiger partial charge in [-0.2, -0.15) is 13.2 Å². The average molecular weight is 293 g/mol. The lowest BCUT2D eigenvalue weighted by Crippen LogP contribution is -2.23. The zero-order valence-corrected chi connectivity index (χ0v) is 9.21. The maximum atomic E-state index is 12.3. The van der Waals surface area contributed by atoms with Crippen LogP contribution >= 0.6 is 15.9 Å². The fraction of sp³-hybridized carbons (Fsp3) is 0.111. The Balaban J connectivity index is 2.67. The summed E-state index contributed by atoms with van der Waals surface area (Å²) < 4.78 is 38.3. The number of ketones is 1. The Bertz CT molecular complexity index is 561. The molecule has 0 aliphatic heterocycles. The van der Waals surface area contributed by atoms with Crippen LogP contribution in [0, 0.1) is 0 Å². The van der Waals surface area contributed by atoms with Crippen LogP contribution in [0.15, 0.2) is 29.1 Å². The fourth-order valence-corrected chi connectivity index (χ4v) is 1.79. The lowest BCUT2D eigenvalue weighted by atomic mass is 10.2. The van der Waals surface area contributed by atoms with Crippen molar-refractivity contribution in [2.24, 2.45) is 0 Å². The Morgan fingerprint density at radius 1 is 1.38 bits per heavy atom. The van der Waals surface area contributed by atoms with E-state index in [1.54, 1.807) is 6.07 Å². The minimum Gasteiger partial charge on any atom is -0.294 e. The predicted molar refractivity (Wildman–Crippen MR) is 53.3 cm³/mol. The standard InChI is InChI=1S/C9H4BrF3N2O/c10-8-14-6(7(16)9(11,12)13)5-3-1-2-4-15(5)8/h1-4H. The second-order valence-corrected chi connectivity index (χ2v) is 3.72. The summed E-state index contributed by atoms with van der Waals surface area (Å²) in [6.45, 7) is 0. The summed E-state index contributed by atoms with van der Waals surface area (Å²) in [4.78, 5) is 14.6. The van der Waals surface area contributed by atoms with E-state index in [2.05, 4.69) is 20.9 Å². The highest BCUT2D eigenvalue weighted by Crippen LogP contribution is 2.25. The van der Waals surface area contributed by atoms with Crippen molar-refractivity contribution in [3.8, 4) is 0 Å². The number of carbonyl (C=O) groups excluding carboxylic acids is 1. The molecule has 0 fully saturated rings. The fourth-order valence-electron chi connectivity index (χ4n) is 1.30. The Morgan fingerprint density at radius 2 is 2.06 bits per heavy atom. The molecule has 0 N–H and O–H groups in total. The van der Waals surface area contributed by atoms with Crippen molar-refractivity contribution in [2.75, 3.05) is 0 Å². The number of pyridine rings is 1. The predicted octanol–water partition coefficient (Wildman–Crippen LogP) is 2.84. The van der Waals surface area contributed by atoms with Crippen LogP contribution in [-0.4, -0.2) is 21.3 Å². The molecule has 0 aliphatic rings. The highest BCUT2D eigenvalue weighted by molar-refractivity contribution is 9.10. The van der Waals surface area contributed by atoms with Crippen LogP contribution in [0.4, 0.5) is 13.2 Å². The molecule has 3 nitrogen and oxygen atoms in total. The third-order valence-corrected chi connectivity index (χ3v) is 2.54. The van der Waals surface area contributed by atoms with Gasteiger partial charge in [-0.25, -0.2) is 4.98 Å². The van der Waals surface area contributed by atoms with Crippen LogP contribution in [-0.2, 0) is 0 Å². The monoisotopic (exact) mass is 292 g/mol. The van der Waals surface area contributed by atoms with E-state index in [4.69, 9.17) is 0 Å². The van der Waals surface area contributed by atoms with Crippen molar-refractivity contribution in [3.63, 3.8) is 0 Å². The zero-order valence-electron chi connectivity index (χ0n) is 7.62. The van der Waals surface area contributed by atoms with E-state index in [1.807, 2.05) is 0 Å². The van der Waals surface area contributed by atoms with E-state index in [9.17, 15) is 18.0 Å². The minimum absolute atomic E-state index is 0.122. The van der Waals surface area contributed by atoms with Gasteiger partial charge in [-0.1, -0.05) is 6.07 Å². The second kappa shape index (κ2) is 3.58. The third-order valence-electron chi connectivity index (χ3n) is 1.98. The van der Waals surface area contributed by atoms with Gasteiger partial charge in [-0.05, 0) is 28.1 Å². The van der Waals surface area contributed by atoms with Gasteiger partial charge in [0.25, 0.3) is 5.78 Å². The number of aromatic nitrogens is 2. The molecule has 0 amide bonds. The Kier molecular flexibility index (Phi) is 2.49. The molecule has 16 heavy (non-hydrogen) atoms. The van der Waals surface area contributed by atoms with E-state index in [-0.39, 0.29) is 10.3 Å². The van der Waals surface area contributed by atoms with Crippen LogP contribution in [0.2, 0.25) is 0 Å². The molecule has 0 radical (unpaired) electrons. The lowest BCUT2D eigenvalue weighted by Gasteiger charge is -2.02. The summed E-state index contributed by atoms with van der Waals surface area (Å²) in [7, 11) is 0. The molecule has 84 valence electrons. The molecule has 7 heteroatoms. The SMILES string of the molecule is O=C(c1nc(Br)n2ccccc12)C(F)(F)F. The van der Waals surface area contributed by atoms with Crippen molar-refractivity contribution in [2.45, 2.75) is 6.18 Å². The molecule has 0 spiro atoms. The molecule has 2 heterocycles. The van der Waals surface area contributed by atoms with Crippen LogP contribution in [0.1, 0.15) is 10.5 Å². The van der Waals surface area contributed by atoms with E-state index < -0.39 is 17.7 Å². The quantitative estimate of drug-likeness (QED) is 0.758. The highest BCUT2D eigenvalue weighted by atomic mass is 79.9. The summed E-state index contributed by atoms with van der Waals surface area (Å²) in [6.07, 6.45) is -3.40. The number of alkyl halides is 3. The van der Waals surface area contributed by atoms with Crippen molar-refractivity contribution >= 4 is 27.2 Å². The molecule has 0 aromatic carbocycles. The summed E-state index contributed by atoms with van der Waals surface area (Å²) in [5.74, 6) is -1.94. The van der Waals surface area contributed by atoms with Crippen LogP contribution in [0.25, 0.3) is 5.52 Å². The van der Waals surface area contributed by atoms with Crippen molar-refractivity contribution in [3.05, 3.63) is 34.8 Å². The normalized spacial score (nSPS) is 12.0. The molecule has 0 saturated heterocycles. The number of imidazole rings is 1. The van der Waals surface area contributed by atoms with Gasteiger partial charge in [0.05, 0.1) is 5.52 Å². The number of nitrogens with zero attached hydrogens (tertiary/aromatic N) is 2. The van der Waals surface area contributed by atoms with Crippen LogP contribution in [0.3, 0.4) is 0 Å². The summed E-state index contributed by atoms with van der Waals surface area (Å²) in [6, 6.07) is 4.56. The number of fused-ring (bicyclic) bond motifs is 1. The molecular formula is C9H4BrF3N2O. The van der Waals surface area contributed by atoms with Gasteiger partial charge >= 0.3 is 6.18 Å². The first kappa shape index (κ1) is 11.1. The second-order valence-electron chi connectivity index (χ2n) is 3.01. The van der Waals surface area contributed by atoms with Gasteiger partial charge < -0.3 is 0 Å². The number of halogens is 4. The summed E-state index contributed by atoms with van der Waals surface area (Å²) in [5.41, 5.74) is -0.475. The third kappa shape index (κ3) is 1.71. The molecule has 2 aromatic rings. The largest absolute Gasteiger partial charge is 0.456 e. The van der Waals surface area contributed by atoms with Crippen molar-refractivity contribution < 1.29 is 18.0 Å². The van der Waals surface area contributed by atoms with Crippen LogP contribution < -0.4 is 0 Å². The maximum Gasteiger partial charge on any atom is 0.456 e. The molecule has 0 bridgehead atoms. The first-order chi connectivity index (χ1) is 7.41. The summed E-state index contributed by atoms with van der Waals surface area (Å²) in [5, 5.41) is 0. The van der Waals surface area contributed by atoms with Gasteiger partial charge in [0.2, 0.25) is 0 Å². The Labute approximate surface area is 96.0 Å². The topological polar surface area (TPSA) is 34.4 Å². The lowest BCUT2D eigenvalue weighted by molar-refractivity contribution is -0.0887. The van der Waals surface area contributed by atoms with E-state index in [0.717, 1.165) is 0 Å². The minimum atomic E-state index is -4.91. The zero-order chi connectivity index (χ0) is 11.9. The summed E-state index contributed by atoms with van der Waals surface area (Å²) >= 11 is 2.99. The number of Topliss-reactive ketones (excluding diaryl/α,β-unsaturated/α-hetero) is 1. The van der Waals surface area contributed by atoms with Crippen molar-refractivity contribution in [1.82, 2.24) is 9.38 Å². The smallest absolute Gasteiger partial charge is 0.294 e. The molecule has 0 aliphatic carbocycles.